The molecule has 152 valence electrons. The summed E-state index contributed by atoms with van der Waals surface area (Å²) in [5.74, 6) is 0.614. The van der Waals surface area contributed by atoms with Gasteiger partial charge in [-0.2, -0.15) is 0 Å². The van der Waals surface area contributed by atoms with Gasteiger partial charge in [-0.15, -0.1) is 10.2 Å². The molecule has 0 saturated heterocycles. The molecule has 0 bridgehead atoms. The second kappa shape index (κ2) is 9.07. The van der Waals surface area contributed by atoms with E-state index in [1.807, 2.05) is 0 Å². The number of hydrogen-bond acceptors (Lipinski definition) is 5. The van der Waals surface area contributed by atoms with Gasteiger partial charge in [0, 0.05) is 6.04 Å². The van der Waals surface area contributed by atoms with E-state index in [9.17, 15) is 9.18 Å². The lowest BCUT2D eigenvalue weighted by molar-refractivity contribution is -0.119. The number of amides is 1. The summed E-state index contributed by atoms with van der Waals surface area (Å²) in [5.41, 5.74) is 0.636. The highest BCUT2D eigenvalue weighted by Gasteiger charge is 2.32. The van der Waals surface area contributed by atoms with Gasteiger partial charge in [0.25, 0.3) is 11.1 Å². The van der Waals surface area contributed by atoms with Gasteiger partial charge in [-0.25, -0.2) is 4.39 Å². The molecule has 1 fully saturated rings. The van der Waals surface area contributed by atoms with Gasteiger partial charge in [0.2, 0.25) is 5.91 Å². The quantitative estimate of drug-likeness (QED) is 0.651. The Bertz CT molecular complexity index is 800. The first-order valence-electron chi connectivity index (χ1n) is 9.89. The largest absolute Gasteiger partial charge is 0.411 e. The van der Waals surface area contributed by atoms with Gasteiger partial charge in [-0.1, -0.05) is 51.1 Å². The Labute approximate surface area is 169 Å². The SMILES string of the molecule is CCC(C)(C)C1CCC(NC(=O)CSc2nnc(-c3ccccc3F)o2)CC1. The number of thioether (sulfide) groups is 1. The van der Waals surface area contributed by atoms with Gasteiger partial charge in [0.1, 0.15) is 5.82 Å². The predicted molar refractivity (Wildman–Crippen MR) is 108 cm³/mol. The molecular weight excluding hydrogens is 377 g/mol. The number of aromatic nitrogens is 2. The van der Waals surface area contributed by atoms with Crippen LogP contribution >= 0.6 is 11.8 Å². The molecule has 0 unspecified atom stereocenters. The fourth-order valence-electron chi connectivity index (χ4n) is 3.72. The Morgan fingerprint density at radius 1 is 1.25 bits per heavy atom. The molecule has 0 spiro atoms. The molecule has 1 aromatic carbocycles. The molecule has 2 aromatic rings. The summed E-state index contributed by atoms with van der Waals surface area (Å²) in [6.07, 6.45) is 5.57. The highest BCUT2D eigenvalue weighted by Crippen LogP contribution is 2.40. The van der Waals surface area contributed by atoms with Crippen molar-refractivity contribution in [2.75, 3.05) is 5.75 Å². The monoisotopic (exact) mass is 405 g/mol. The van der Waals surface area contributed by atoms with Crippen molar-refractivity contribution in [2.45, 2.75) is 64.1 Å². The predicted octanol–water partition coefficient (Wildman–Crippen LogP) is 5.08. The van der Waals surface area contributed by atoms with Crippen LogP contribution in [0.2, 0.25) is 0 Å². The van der Waals surface area contributed by atoms with Crippen molar-refractivity contribution in [3.63, 3.8) is 0 Å². The van der Waals surface area contributed by atoms with E-state index in [1.54, 1.807) is 18.2 Å². The van der Waals surface area contributed by atoms with Crippen LogP contribution in [0.25, 0.3) is 11.5 Å². The third-order valence-electron chi connectivity index (χ3n) is 5.95. The zero-order valence-electron chi connectivity index (χ0n) is 16.7. The van der Waals surface area contributed by atoms with Crippen LogP contribution in [-0.4, -0.2) is 27.9 Å². The Balaban J connectivity index is 1.45. The molecule has 1 aliphatic carbocycles. The molecule has 1 aromatic heterocycles. The van der Waals surface area contributed by atoms with Crippen LogP contribution in [0.3, 0.4) is 0 Å². The molecule has 1 amide bonds. The number of hydrogen-bond donors (Lipinski definition) is 1. The Morgan fingerprint density at radius 2 is 1.96 bits per heavy atom. The van der Waals surface area contributed by atoms with Crippen molar-refractivity contribution < 1.29 is 13.6 Å². The molecule has 1 saturated carbocycles. The summed E-state index contributed by atoms with van der Waals surface area (Å²) < 4.78 is 19.3. The number of benzene rings is 1. The maximum absolute atomic E-state index is 13.8. The zero-order chi connectivity index (χ0) is 20.1. The van der Waals surface area contributed by atoms with E-state index >= 15 is 0 Å². The molecular formula is C21H28FN3O2S. The standard InChI is InChI=1S/C21H28FN3O2S/c1-4-21(2,3)14-9-11-15(12-10-14)23-18(26)13-28-20-25-24-19(27-20)16-7-5-6-8-17(16)22/h5-8,14-15H,4,9-13H2,1-3H3,(H,23,26). The molecule has 7 heteroatoms. The van der Waals surface area contributed by atoms with E-state index < -0.39 is 5.82 Å². The average molecular weight is 406 g/mol. The number of carbonyl (C=O) groups excluding carboxylic acids is 1. The van der Waals surface area contributed by atoms with Gasteiger partial charge >= 0.3 is 0 Å². The second-order valence-electron chi connectivity index (χ2n) is 8.10. The fourth-order valence-corrected chi connectivity index (χ4v) is 4.29. The number of rotatable bonds is 7. The van der Waals surface area contributed by atoms with Crippen LogP contribution < -0.4 is 5.32 Å². The molecule has 5 nitrogen and oxygen atoms in total. The Hall–Kier alpha value is -1.89. The minimum Gasteiger partial charge on any atom is -0.411 e. The van der Waals surface area contributed by atoms with E-state index in [0.29, 0.717) is 5.41 Å². The van der Waals surface area contributed by atoms with E-state index in [4.69, 9.17) is 4.42 Å². The average Bonchev–Trinajstić information content (AvgIpc) is 3.16. The van der Waals surface area contributed by atoms with Crippen LogP contribution in [-0.2, 0) is 4.79 Å². The van der Waals surface area contributed by atoms with Crippen molar-refractivity contribution in [1.82, 2.24) is 15.5 Å². The summed E-state index contributed by atoms with van der Waals surface area (Å²) in [4.78, 5) is 12.3. The van der Waals surface area contributed by atoms with Crippen LogP contribution in [0.4, 0.5) is 4.39 Å². The van der Waals surface area contributed by atoms with Crippen LogP contribution in [0.1, 0.15) is 52.9 Å². The fraction of sp³-hybridized carbons (Fsp3) is 0.571. The number of nitrogens with zero attached hydrogens (tertiary/aromatic N) is 2. The molecule has 0 aliphatic heterocycles. The first kappa shape index (κ1) is 20.8. The summed E-state index contributed by atoms with van der Waals surface area (Å²) in [5, 5.41) is 11.2. The summed E-state index contributed by atoms with van der Waals surface area (Å²) >= 11 is 1.17. The lowest BCUT2D eigenvalue weighted by Crippen LogP contribution is -2.40. The number of nitrogens with one attached hydrogen (secondary N) is 1. The number of halogens is 1. The number of carbonyl (C=O) groups is 1. The Kier molecular flexibility index (Phi) is 6.75. The zero-order valence-corrected chi connectivity index (χ0v) is 17.5. The van der Waals surface area contributed by atoms with Crippen molar-refractivity contribution in [3.8, 4) is 11.5 Å². The minimum atomic E-state index is -0.415. The van der Waals surface area contributed by atoms with Gasteiger partial charge in [0.15, 0.2) is 0 Å². The maximum atomic E-state index is 13.8. The molecule has 1 N–H and O–H groups in total. The smallest absolute Gasteiger partial charge is 0.277 e. The summed E-state index contributed by atoms with van der Waals surface area (Å²) in [6.45, 7) is 6.93. The topological polar surface area (TPSA) is 68.0 Å². The van der Waals surface area contributed by atoms with Crippen molar-refractivity contribution in [2.24, 2.45) is 11.3 Å². The molecule has 0 radical (unpaired) electrons. The molecule has 0 atom stereocenters. The maximum Gasteiger partial charge on any atom is 0.277 e. The van der Waals surface area contributed by atoms with Crippen molar-refractivity contribution >= 4 is 17.7 Å². The minimum absolute atomic E-state index is 0.0335. The van der Waals surface area contributed by atoms with Gasteiger partial charge in [-0.3, -0.25) is 4.79 Å². The lowest BCUT2D eigenvalue weighted by atomic mass is 9.69. The van der Waals surface area contributed by atoms with E-state index in [1.165, 1.54) is 24.2 Å². The van der Waals surface area contributed by atoms with Crippen LogP contribution in [0.5, 0.6) is 0 Å². The van der Waals surface area contributed by atoms with Crippen LogP contribution in [0, 0.1) is 17.2 Å². The van der Waals surface area contributed by atoms with Crippen molar-refractivity contribution in [3.05, 3.63) is 30.1 Å². The summed E-state index contributed by atoms with van der Waals surface area (Å²) in [6, 6.07) is 6.48. The molecule has 1 aliphatic rings. The van der Waals surface area contributed by atoms with Crippen molar-refractivity contribution in [1.29, 1.82) is 0 Å². The highest BCUT2D eigenvalue weighted by atomic mass is 32.2. The molecule has 3 rings (SSSR count). The van der Waals surface area contributed by atoms with E-state index in [0.717, 1.165) is 31.6 Å². The third kappa shape index (κ3) is 5.13. The van der Waals surface area contributed by atoms with Gasteiger partial charge in [-0.05, 0) is 49.1 Å². The normalized spacial score (nSPS) is 20.1. The van der Waals surface area contributed by atoms with E-state index in [-0.39, 0.29) is 34.4 Å². The highest BCUT2D eigenvalue weighted by molar-refractivity contribution is 7.99. The summed E-state index contributed by atoms with van der Waals surface area (Å²) in [7, 11) is 0. The van der Waals surface area contributed by atoms with Crippen LogP contribution in [0.15, 0.2) is 33.9 Å². The Morgan fingerprint density at radius 3 is 2.64 bits per heavy atom. The molecule has 28 heavy (non-hydrogen) atoms. The van der Waals surface area contributed by atoms with Gasteiger partial charge in [0.05, 0.1) is 11.3 Å². The first-order chi connectivity index (χ1) is 13.4. The molecule has 1 heterocycles. The first-order valence-corrected chi connectivity index (χ1v) is 10.9. The second-order valence-corrected chi connectivity index (χ2v) is 9.03. The third-order valence-corrected chi connectivity index (χ3v) is 6.76. The van der Waals surface area contributed by atoms with E-state index in [2.05, 4.69) is 36.3 Å². The lowest BCUT2D eigenvalue weighted by Gasteiger charge is -2.39. The van der Waals surface area contributed by atoms with Gasteiger partial charge < -0.3 is 9.73 Å².